The van der Waals surface area contributed by atoms with Crippen molar-refractivity contribution in [1.82, 2.24) is 5.32 Å². The number of anilines is 1. The second-order valence-corrected chi connectivity index (χ2v) is 6.63. The first kappa shape index (κ1) is 19.4. The molecule has 0 spiro atoms. The van der Waals surface area contributed by atoms with E-state index in [4.69, 9.17) is 16.3 Å². The van der Waals surface area contributed by atoms with Crippen LogP contribution >= 0.6 is 27.5 Å². The maximum atomic E-state index is 11.7. The van der Waals surface area contributed by atoms with Gasteiger partial charge in [-0.1, -0.05) is 45.7 Å². The minimum atomic E-state index is -0.313. The Balaban J connectivity index is 1.60. The second-order valence-electron chi connectivity index (χ2n) is 5.28. The summed E-state index contributed by atoms with van der Waals surface area (Å²) in [7, 11) is 0. The van der Waals surface area contributed by atoms with E-state index in [9.17, 15) is 9.59 Å². The average molecular weight is 426 g/mol. The van der Waals surface area contributed by atoms with Crippen molar-refractivity contribution >= 4 is 45.0 Å². The predicted molar refractivity (Wildman–Crippen MR) is 102 cm³/mol. The number of benzene rings is 2. The van der Waals surface area contributed by atoms with Crippen LogP contribution in [0.4, 0.5) is 5.69 Å². The van der Waals surface area contributed by atoms with Gasteiger partial charge in [0.2, 0.25) is 11.8 Å². The molecule has 2 aromatic rings. The first-order chi connectivity index (χ1) is 12.0. The molecule has 25 heavy (non-hydrogen) atoms. The van der Waals surface area contributed by atoms with E-state index in [1.54, 1.807) is 12.1 Å². The van der Waals surface area contributed by atoms with Crippen molar-refractivity contribution in [3.63, 3.8) is 0 Å². The van der Waals surface area contributed by atoms with Gasteiger partial charge in [-0.3, -0.25) is 9.59 Å². The number of carbonyl (C=O) groups is 2. The molecule has 0 aromatic heterocycles. The molecule has 0 saturated heterocycles. The molecule has 0 bridgehead atoms. The largest absolute Gasteiger partial charge is 0.362 e. The Bertz CT molecular complexity index is 723. The van der Waals surface area contributed by atoms with Gasteiger partial charge in [0.25, 0.3) is 0 Å². The SMILES string of the molecule is O=C(COCC(=O)Nc1cccc(Br)c1)NCCc1ccc(Cl)cc1. The molecule has 132 valence electrons. The van der Waals surface area contributed by atoms with E-state index in [1.807, 2.05) is 36.4 Å². The van der Waals surface area contributed by atoms with Crippen molar-refractivity contribution < 1.29 is 14.3 Å². The Morgan fingerprint density at radius 3 is 2.48 bits per heavy atom. The molecule has 0 aliphatic heterocycles. The van der Waals surface area contributed by atoms with Gasteiger partial charge in [-0.2, -0.15) is 0 Å². The number of hydrogen-bond acceptors (Lipinski definition) is 3. The first-order valence-electron chi connectivity index (χ1n) is 7.67. The summed E-state index contributed by atoms with van der Waals surface area (Å²) in [6, 6.07) is 14.7. The van der Waals surface area contributed by atoms with Gasteiger partial charge in [0.15, 0.2) is 0 Å². The van der Waals surface area contributed by atoms with Crippen LogP contribution in [-0.2, 0) is 20.7 Å². The van der Waals surface area contributed by atoms with E-state index in [0.29, 0.717) is 23.7 Å². The van der Waals surface area contributed by atoms with E-state index in [2.05, 4.69) is 26.6 Å². The zero-order chi connectivity index (χ0) is 18.1. The highest BCUT2D eigenvalue weighted by Gasteiger charge is 2.06. The number of ether oxygens (including phenoxy) is 1. The molecule has 0 aliphatic rings. The number of nitrogens with one attached hydrogen (secondary N) is 2. The van der Waals surface area contributed by atoms with E-state index in [0.717, 1.165) is 10.0 Å². The molecule has 0 atom stereocenters. The molecular weight excluding hydrogens is 408 g/mol. The van der Waals surface area contributed by atoms with E-state index < -0.39 is 0 Å². The summed E-state index contributed by atoms with van der Waals surface area (Å²) in [5, 5.41) is 6.11. The molecular formula is C18H18BrClN2O3. The number of halogens is 2. The molecule has 2 N–H and O–H groups in total. The Morgan fingerprint density at radius 1 is 1.04 bits per heavy atom. The molecule has 7 heteroatoms. The highest BCUT2D eigenvalue weighted by atomic mass is 79.9. The lowest BCUT2D eigenvalue weighted by Gasteiger charge is -2.08. The summed E-state index contributed by atoms with van der Waals surface area (Å²) < 4.78 is 5.99. The molecule has 0 unspecified atom stereocenters. The normalized spacial score (nSPS) is 10.3. The van der Waals surface area contributed by atoms with Crippen LogP contribution in [0, 0.1) is 0 Å². The van der Waals surface area contributed by atoms with Gasteiger partial charge in [-0.05, 0) is 42.3 Å². The summed E-state index contributed by atoms with van der Waals surface area (Å²) >= 11 is 9.14. The molecule has 2 aromatic carbocycles. The zero-order valence-corrected chi connectivity index (χ0v) is 15.8. The van der Waals surface area contributed by atoms with Crippen LogP contribution in [0.5, 0.6) is 0 Å². The van der Waals surface area contributed by atoms with Gasteiger partial charge in [0, 0.05) is 21.7 Å². The van der Waals surface area contributed by atoms with Crippen LogP contribution in [0.2, 0.25) is 5.02 Å². The van der Waals surface area contributed by atoms with Crippen LogP contribution < -0.4 is 10.6 Å². The summed E-state index contributed by atoms with van der Waals surface area (Å²) in [6.07, 6.45) is 0.701. The fraction of sp³-hybridized carbons (Fsp3) is 0.222. The summed E-state index contributed by atoms with van der Waals surface area (Å²) in [6.45, 7) is 0.150. The van der Waals surface area contributed by atoms with Crippen molar-refractivity contribution in [2.24, 2.45) is 0 Å². The molecule has 0 aliphatic carbocycles. The van der Waals surface area contributed by atoms with Crippen LogP contribution in [0.1, 0.15) is 5.56 Å². The standard InChI is InChI=1S/C18H18BrClN2O3/c19-14-2-1-3-16(10-14)22-18(24)12-25-11-17(23)21-9-8-13-4-6-15(20)7-5-13/h1-7,10H,8-9,11-12H2,(H,21,23)(H,22,24). The molecule has 2 amide bonds. The highest BCUT2D eigenvalue weighted by Crippen LogP contribution is 2.15. The number of rotatable bonds is 8. The molecule has 0 fully saturated rings. The van der Waals surface area contributed by atoms with Gasteiger partial charge >= 0.3 is 0 Å². The van der Waals surface area contributed by atoms with Crippen molar-refractivity contribution in [3.05, 3.63) is 63.6 Å². The topological polar surface area (TPSA) is 67.4 Å². The Hall–Kier alpha value is -1.89. The molecule has 0 radical (unpaired) electrons. The molecule has 2 rings (SSSR count). The lowest BCUT2D eigenvalue weighted by atomic mass is 10.1. The third kappa shape index (κ3) is 7.69. The van der Waals surface area contributed by atoms with Crippen LogP contribution in [0.15, 0.2) is 53.0 Å². The number of amides is 2. The third-order valence-corrected chi connectivity index (χ3v) is 3.97. The van der Waals surface area contributed by atoms with Gasteiger partial charge in [-0.25, -0.2) is 0 Å². The third-order valence-electron chi connectivity index (χ3n) is 3.22. The van der Waals surface area contributed by atoms with Crippen LogP contribution in [0.25, 0.3) is 0 Å². The molecule has 0 saturated carbocycles. The quantitative estimate of drug-likeness (QED) is 0.681. The first-order valence-corrected chi connectivity index (χ1v) is 8.84. The van der Waals surface area contributed by atoms with Gasteiger partial charge in [0.05, 0.1) is 0 Å². The zero-order valence-electron chi connectivity index (χ0n) is 13.4. The van der Waals surface area contributed by atoms with Crippen molar-refractivity contribution in [2.45, 2.75) is 6.42 Å². The molecule has 5 nitrogen and oxygen atoms in total. The smallest absolute Gasteiger partial charge is 0.250 e. The maximum absolute atomic E-state index is 11.7. The number of carbonyl (C=O) groups excluding carboxylic acids is 2. The van der Waals surface area contributed by atoms with E-state index >= 15 is 0 Å². The minimum absolute atomic E-state index is 0.160. The van der Waals surface area contributed by atoms with Crippen LogP contribution in [0.3, 0.4) is 0 Å². The summed E-state index contributed by atoms with van der Waals surface area (Å²) in [5.41, 5.74) is 1.74. The van der Waals surface area contributed by atoms with Crippen molar-refractivity contribution in [1.29, 1.82) is 0 Å². The van der Waals surface area contributed by atoms with Gasteiger partial charge in [0.1, 0.15) is 13.2 Å². The highest BCUT2D eigenvalue weighted by molar-refractivity contribution is 9.10. The van der Waals surface area contributed by atoms with E-state index in [1.165, 1.54) is 0 Å². The van der Waals surface area contributed by atoms with Crippen molar-refractivity contribution in [3.8, 4) is 0 Å². The Morgan fingerprint density at radius 2 is 1.76 bits per heavy atom. The average Bonchev–Trinajstić information content (AvgIpc) is 2.56. The van der Waals surface area contributed by atoms with Crippen LogP contribution in [-0.4, -0.2) is 31.6 Å². The maximum Gasteiger partial charge on any atom is 0.250 e. The Labute approximate surface area is 159 Å². The summed E-state index contributed by atoms with van der Waals surface area (Å²) in [5.74, 6) is -0.573. The fourth-order valence-corrected chi connectivity index (χ4v) is 2.57. The summed E-state index contributed by atoms with van der Waals surface area (Å²) in [4.78, 5) is 23.4. The lowest BCUT2D eigenvalue weighted by Crippen LogP contribution is -2.31. The van der Waals surface area contributed by atoms with Gasteiger partial charge in [-0.15, -0.1) is 0 Å². The van der Waals surface area contributed by atoms with E-state index in [-0.39, 0.29) is 25.0 Å². The van der Waals surface area contributed by atoms with Crippen molar-refractivity contribution in [2.75, 3.05) is 25.1 Å². The lowest BCUT2D eigenvalue weighted by molar-refractivity contribution is -0.128. The van der Waals surface area contributed by atoms with Gasteiger partial charge < -0.3 is 15.4 Å². The minimum Gasteiger partial charge on any atom is -0.362 e. The fourth-order valence-electron chi connectivity index (χ4n) is 2.05. The number of hydrogen-bond donors (Lipinski definition) is 2. The monoisotopic (exact) mass is 424 g/mol. The second kappa shape index (κ2) is 10.2. The predicted octanol–water partition coefficient (Wildman–Crippen LogP) is 3.42. The molecule has 0 heterocycles. The Kier molecular flexibility index (Phi) is 7.91.